The molecule has 0 radical (unpaired) electrons. The number of amides is 1. The van der Waals surface area contributed by atoms with E-state index in [1.807, 2.05) is 0 Å². The first-order chi connectivity index (χ1) is 11.0. The van der Waals surface area contributed by atoms with Crippen molar-refractivity contribution in [1.82, 2.24) is 5.32 Å². The lowest BCUT2D eigenvalue weighted by molar-refractivity contribution is -0.385. The number of ether oxygens (including phenoxy) is 1. The molecule has 2 rings (SSSR count). The Hall–Kier alpha value is -2.96. The van der Waals surface area contributed by atoms with Crippen LogP contribution in [0.4, 0.5) is 10.1 Å². The molecule has 120 valence electrons. The van der Waals surface area contributed by atoms with Gasteiger partial charge in [0.05, 0.1) is 4.92 Å². The van der Waals surface area contributed by atoms with Crippen LogP contribution in [-0.4, -0.2) is 17.4 Å². The molecule has 0 aliphatic heterocycles. The molecule has 0 saturated carbocycles. The first-order valence-electron chi connectivity index (χ1n) is 6.84. The van der Waals surface area contributed by atoms with Crippen molar-refractivity contribution < 1.29 is 18.8 Å². The van der Waals surface area contributed by atoms with Gasteiger partial charge < -0.3 is 10.1 Å². The van der Waals surface area contributed by atoms with E-state index in [9.17, 15) is 19.3 Å². The molecule has 0 saturated heterocycles. The topological polar surface area (TPSA) is 81.5 Å². The largest absolute Gasteiger partial charge is 0.477 e. The minimum atomic E-state index is -0.557. The maximum absolute atomic E-state index is 12.8. The molecule has 6 nitrogen and oxygen atoms in total. The van der Waals surface area contributed by atoms with Gasteiger partial charge in [-0.25, -0.2) is 4.39 Å². The summed E-state index contributed by atoms with van der Waals surface area (Å²) in [6.07, 6.45) is 0. The molecule has 0 atom stereocenters. The fourth-order valence-electron chi connectivity index (χ4n) is 1.89. The number of rotatable bonds is 6. The highest BCUT2D eigenvalue weighted by Gasteiger charge is 2.16. The number of nitrogens with one attached hydrogen (secondary N) is 1. The van der Waals surface area contributed by atoms with Gasteiger partial charge in [0.15, 0.2) is 12.4 Å². The van der Waals surface area contributed by atoms with Crippen LogP contribution in [0.2, 0.25) is 0 Å². The molecule has 0 aromatic heterocycles. The fourth-order valence-corrected chi connectivity index (χ4v) is 1.89. The van der Waals surface area contributed by atoms with E-state index in [1.165, 1.54) is 24.3 Å². The van der Waals surface area contributed by atoms with Crippen LogP contribution in [0.3, 0.4) is 0 Å². The molecule has 2 aromatic carbocycles. The van der Waals surface area contributed by atoms with Crippen LogP contribution in [0.25, 0.3) is 0 Å². The lowest BCUT2D eigenvalue weighted by Crippen LogP contribution is -2.28. The molecule has 7 heteroatoms. The van der Waals surface area contributed by atoms with Crippen molar-refractivity contribution in [3.05, 3.63) is 69.5 Å². The van der Waals surface area contributed by atoms with Crippen molar-refractivity contribution in [2.45, 2.75) is 13.5 Å². The average molecular weight is 318 g/mol. The van der Waals surface area contributed by atoms with Crippen LogP contribution in [0.5, 0.6) is 5.75 Å². The molecular weight excluding hydrogens is 303 g/mol. The number of hydrogen-bond acceptors (Lipinski definition) is 4. The average Bonchev–Trinajstić information content (AvgIpc) is 2.53. The van der Waals surface area contributed by atoms with E-state index in [0.717, 1.165) is 11.1 Å². The third-order valence-electron chi connectivity index (χ3n) is 3.07. The number of nitro benzene ring substituents is 1. The summed E-state index contributed by atoms with van der Waals surface area (Å²) in [5, 5.41) is 13.5. The first-order valence-corrected chi connectivity index (χ1v) is 6.84. The van der Waals surface area contributed by atoms with Crippen molar-refractivity contribution in [3.63, 3.8) is 0 Å². The zero-order chi connectivity index (χ0) is 16.8. The number of hydrogen-bond donors (Lipinski definition) is 1. The molecule has 0 heterocycles. The molecule has 2 aromatic rings. The first kappa shape index (κ1) is 16.4. The van der Waals surface area contributed by atoms with Crippen molar-refractivity contribution >= 4 is 11.6 Å². The number of carbonyl (C=O) groups excluding carboxylic acids is 1. The molecule has 0 aliphatic carbocycles. The molecule has 1 amide bonds. The van der Waals surface area contributed by atoms with Gasteiger partial charge in [0, 0.05) is 12.6 Å². The Morgan fingerprint density at radius 2 is 1.96 bits per heavy atom. The lowest BCUT2D eigenvalue weighted by atomic mass is 10.2. The van der Waals surface area contributed by atoms with Gasteiger partial charge in [0.2, 0.25) is 0 Å². The fraction of sp³-hybridized carbons (Fsp3) is 0.188. The van der Waals surface area contributed by atoms with Gasteiger partial charge in [-0.15, -0.1) is 0 Å². The number of aryl methyl sites for hydroxylation is 1. The number of carbonyl (C=O) groups is 1. The van der Waals surface area contributed by atoms with Crippen LogP contribution in [0.15, 0.2) is 42.5 Å². The van der Waals surface area contributed by atoms with E-state index in [0.29, 0.717) is 0 Å². The SMILES string of the molecule is Cc1ccc(OCC(=O)NCc2ccc(F)cc2)c([N+](=O)[O-])c1. The number of nitro groups is 1. The van der Waals surface area contributed by atoms with E-state index in [2.05, 4.69) is 5.32 Å². The summed E-state index contributed by atoms with van der Waals surface area (Å²) in [6, 6.07) is 10.2. The number of benzene rings is 2. The highest BCUT2D eigenvalue weighted by Crippen LogP contribution is 2.27. The minimum absolute atomic E-state index is 0.0394. The molecule has 0 unspecified atom stereocenters. The van der Waals surface area contributed by atoms with E-state index in [-0.39, 0.29) is 30.4 Å². The molecule has 0 fully saturated rings. The highest BCUT2D eigenvalue weighted by molar-refractivity contribution is 5.77. The quantitative estimate of drug-likeness (QED) is 0.656. The highest BCUT2D eigenvalue weighted by atomic mass is 19.1. The van der Waals surface area contributed by atoms with E-state index >= 15 is 0 Å². The van der Waals surface area contributed by atoms with Gasteiger partial charge >= 0.3 is 5.69 Å². The number of nitrogens with zero attached hydrogens (tertiary/aromatic N) is 1. The van der Waals surface area contributed by atoms with E-state index < -0.39 is 10.8 Å². The van der Waals surface area contributed by atoms with Gasteiger partial charge in [0.1, 0.15) is 5.82 Å². The molecule has 0 aliphatic rings. The zero-order valence-corrected chi connectivity index (χ0v) is 12.4. The second kappa shape index (κ2) is 7.35. The molecule has 23 heavy (non-hydrogen) atoms. The monoisotopic (exact) mass is 318 g/mol. The zero-order valence-electron chi connectivity index (χ0n) is 12.4. The second-order valence-electron chi connectivity index (χ2n) is 4.92. The van der Waals surface area contributed by atoms with Gasteiger partial charge in [-0.3, -0.25) is 14.9 Å². The summed E-state index contributed by atoms with van der Waals surface area (Å²) in [4.78, 5) is 22.1. The van der Waals surface area contributed by atoms with Gasteiger partial charge in [-0.05, 0) is 36.2 Å². The summed E-state index contributed by atoms with van der Waals surface area (Å²) in [7, 11) is 0. The number of halogens is 1. The standard InChI is InChI=1S/C16H15FN2O4/c1-11-2-7-15(14(8-11)19(21)22)23-10-16(20)18-9-12-3-5-13(17)6-4-12/h2-8H,9-10H2,1H3,(H,18,20). The Labute approximate surface area is 132 Å². The Balaban J connectivity index is 1.89. The van der Waals surface area contributed by atoms with Crippen LogP contribution in [0, 0.1) is 22.9 Å². The predicted octanol–water partition coefficient (Wildman–Crippen LogP) is 2.74. The molecule has 1 N–H and O–H groups in total. The summed E-state index contributed by atoms with van der Waals surface area (Å²) in [5.74, 6) is -0.739. The summed E-state index contributed by atoms with van der Waals surface area (Å²) >= 11 is 0. The van der Waals surface area contributed by atoms with E-state index in [1.54, 1.807) is 25.1 Å². The van der Waals surface area contributed by atoms with Gasteiger partial charge in [-0.1, -0.05) is 18.2 Å². The lowest BCUT2D eigenvalue weighted by Gasteiger charge is -2.08. The predicted molar refractivity (Wildman–Crippen MR) is 81.6 cm³/mol. The normalized spacial score (nSPS) is 10.2. The van der Waals surface area contributed by atoms with Gasteiger partial charge in [0.25, 0.3) is 5.91 Å². The van der Waals surface area contributed by atoms with Crippen LogP contribution < -0.4 is 10.1 Å². The summed E-state index contributed by atoms with van der Waals surface area (Å²) in [5.41, 5.74) is 1.28. The smallest absolute Gasteiger partial charge is 0.311 e. The van der Waals surface area contributed by atoms with Crippen molar-refractivity contribution in [2.75, 3.05) is 6.61 Å². The summed E-state index contributed by atoms with van der Waals surface area (Å²) < 4.78 is 18.0. The Kier molecular flexibility index (Phi) is 5.24. The van der Waals surface area contributed by atoms with E-state index in [4.69, 9.17) is 4.74 Å². The van der Waals surface area contributed by atoms with Crippen LogP contribution in [0.1, 0.15) is 11.1 Å². The third kappa shape index (κ3) is 4.77. The minimum Gasteiger partial charge on any atom is -0.477 e. The van der Waals surface area contributed by atoms with Crippen molar-refractivity contribution in [2.24, 2.45) is 0 Å². The Bertz CT molecular complexity index is 717. The Morgan fingerprint density at radius 3 is 2.61 bits per heavy atom. The maximum atomic E-state index is 12.8. The maximum Gasteiger partial charge on any atom is 0.311 e. The Morgan fingerprint density at radius 1 is 1.26 bits per heavy atom. The van der Waals surface area contributed by atoms with Crippen molar-refractivity contribution in [3.8, 4) is 5.75 Å². The van der Waals surface area contributed by atoms with Crippen molar-refractivity contribution in [1.29, 1.82) is 0 Å². The molecule has 0 spiro atoms. The van der Waals surface area contributed by atoms with Crippen LogP contribution in [-0.2, 0) is 11.3 Å². The van der Waals surface area contributed by atoms with Gasteiger partial charge in [-0.2, -0.15) is 0 Å². The third-order valence-corrected chi connectivity index (χ3v) is 3.07. The second-order valence-corrected chi connectivity index (χ2v) is 4.92. The summed E-state index contributed by atoms with van der Waals surface area (Å²) in [6.45, 7) is 1.61. The van der Waals surface area contributed by atoms with Crippen LogP contribution >= 0.6 is 0 Å². The molecule has 0 bridgehead atoms. The molecular formula is C16H15FN2O4.